The van der Waals surface area contributed by atoms with Crippen molar-refractivity contribution in [2.24, 2.45) is 0 Å². The predicted octanol–water partition coefficient (Wildman–Crippen LogP) is 2.22. The van der Waals surface area contributed by atoms with Crippen molar-refractivity contribution in [2.75, 3.05) is 24.5 Å². The van der Waals surface area contributed by atoms with Gasteiger partial charge in [0, 0.05) is 37.4 Å². The first-order valence-electron chi connectivity index (χ1n) is 9.89. The van der Waals surface area contributed by atoms with E-state index < -0.39 is 6.10 Å². The summed E-state index contributed by atoms with van der Waals surface area (Å²) in [5.74, 6) is 0.580. The van der Waals surface area contributed by atoms with Crippen LogP contribution in [0.15, 0.2) is 30.5 Å². The van der Waals surface area contributed by atoms with Gasteiger partial charge in [-0.3, -0.25) is 0 Å². The lowest BCUT2D eigenvalue weighted by molar-refractivity contribution is 0.0535. The zero-order valence-corrected chi connectivity index (χ0v) is 16.4. The maximum Gasteiger partial charge on any atom is 0.338 e. The highest BCUT2D eigenvalue weighted by molar-refractivity contribution is 5.93. The van der Waals surface area contributed by atoms with E-state index in [0.29, 0.717) is 17.7 Å². The summed E-state index contributed by atoms with van der Waals surface area (Å²) in [5.41, 5.74) is 3.79. The average molecular weight is 392 g/mol. The van der Waals surface area contributed by atoms with Gasteiger partial charge in [-0.2, -0.15) is 5.26 Å². The Labute approximate surface area is 169 Å². The Hall–Kier alpha value is -2.95. The molecule has 2 aliphatic heterocycles. The molecule has 29 heavy (non-hydrogen) atoms. The molecule has 4 rings (SSSR count). The summed E-state index contributed by atoms with van der Waals surface area (Å²) in [4.78, 5) is 18.3. The van der Waals surface area contributed by atoms with E-state index in [9.17, 15) is 9.90 Å². The molecule has 0 aliphatic carbocycles. The van der Waals surface area contributed by atoms with Crippen LogP contribution in [-0.4, -0.2) is 41.7 Å². The van der Waals surface area contributed by atoms with Gasteiger partial charge in [0.05, 0.1) is 17.2 Å². The molecule has 1 fully saturated rings. The molecule has 0 saturated carbocycles. The molecule has 0 amide bonds. The predicted molar refractivity (Wildman–Crippen MR) is 107 cm³/mol. The third-order valence-corrected chi connectivity index (χ3v) is 5.79. The van der Waals surface area contributed by atoms with Gasteiger partial charge >= 0.3 is 5.97 Å². The number of nitrogens with zero attached hydrogens (tertiary/aromatic N) is 3. The second-order valence-electron chi connectivity index (χ2n) is 7.61. The lowest BCUT2D eigenvalue weighted by Gasteiger charge is -2.34. The number of nitrogens with one attached hydrogen (secondary N) is 1. The number of esters is 1. The Balaban J connectivity index is 1.37. The van der Waals surface area contributed by atoms with Gasteiger partial charge in [-0.1, -0.05) is 6.07 Å². The molecule has 2 atom stereocenters. The third-order valence-electron chi connectivity index (χ3n) is 5.79. The number of rotatable bonds is 5. The molecule has 1 aromatic heterocycles. The highest BCUT2D eigenvalue weighted by Crippen LogP contribution is 2.29. The van der Waals surface area contributed by atoms with E-state index in [1.165, 1.54) is 0 Å². The molecule has 1 saturated heterocycles. The van der Waals surface area contributed by atoms with Crippen molar-refractivity contribution in [3.8, 4) is 6.07 Å². The van der Waals surface area contributed by atoms with Crippen LogP contribution in [0.4, 0.5) is 5.82 Å². The first-order chi connectivity index (χ1) is 14.1. The number of ether oxygens (including phenoxy) is 1. The van der Waals surface area contributed by atoms with Crippen LogP contribution in [0.5, 0.6) is 0 Å². The minimum absolute atomic E-state index is 0.246. The number of benzene rings is 1. The monoisotopic (exact) mass is 392 g/mol. The van der Waals surface area contributed by atoms with Crippen molar-refractivity contribution in [3.05, 3.63) is 58.3 Å². The Bertz CT molecular complexity index is 952. The van der Waals surface area contributed by atoms with E-state index in [1.807, 2.05) is 19.1 Å². The number of aliphatic hydroxyl groups is 1. The van der Waals surface area contributed by atoms with E-state index >= 15 is 0 Å². The molecule has 2 N–H and O–H groups in total. The lowest BCUT2D eigenvalue weighted by atomic mass is 9.95. The SMILES string of the molecule is Cc1c([C@@H](O)CNC2CCCN(c3ccc(C#N)cn3)C2)ccc2c1COC2=O. The minimum Gasteiger partial charge on any atom is -0.457 e. The Morgan fingerprint density at radius 2 is 2.28 bits per heavy atom. The number of anilines is 1. The number of aromatic nitrogens is 1. The number of pyridine rings is 1. The van der Waals surface area contributed by atoms with Crippen LogP contribution < -0.4 is 10.2 Å². The summed E-state index contributed by atoms with van der Waals surface area (Å²) in [7, 11) is 0. The quantitative estimate of drug-likeness (QED) is 0.753. The fourth-order valence-electron chi connectivity index (χ4n) is 4.11. The molecule has 7 nitrogen and oxygen atoms in total. The summed E-state index contributed by atoms with van der Waals surface area (Å²) < 4.78 is 5.10. The van der Waals surface area contributed by atoms with Gasteiger partial charge in [-0.15, -0.1) is 0 Å². The Morgan fingerprint density at radius 3 is 3.03 bits per heavy atom. The van der Waals surface area contributed by atoms with Crippen LogP contribution in [0.25, 0.3) is 0 Å². The van der Waals surface area contributed by atoms with Gasteiger partial charge in [0.1, 0.15) is 18.5 Å². The van der Waals surface area contributed by atoms with E-state index in [0.717, 1.165) is 48.4 Å². The van der Waals surface area contributed by atoms with Gasteiger partial charge in [-0.25, -0.2) is 9.78 Å². The zero-order chi connectivity index (χ0) is 20.4. The zero-order valence-electron chi connectivity index (χ0n) is 16.4. The van der Waals surface area contributed by atoms with Crippen LogP contribution >= 0.6 is 0 Å². The van der Waals surface area contributed by atoms with E-state index in [2.05, 4.69) is 21.3 Å². The topological polar surface area (TPSA) is 98.5 Å². The van der Waals surface area contributed by atoms with E-state index in [1.54, 1.807) is 18.3 Å². The number of nitriles is 1. The normalized spacial score (nSPS) is 19.4. The van der Waals surface area contributed by atoms with Crippen molar-refractivity contribution in [2.45, 2.75) is 38.5 Å². The second-order valence-corrected chi connectivity index (χ2v) is 7.61. The molecular weight excluding hydrogens is 368 g/mol. The smallest absolute Gasteiger partial charge is 0.338 e. The van der Waals surface area contributed by atoms with Crippen LogP contribution in [0, 0.1) is 18.3 Å². The minimum atomic E-state index is -0.653. The standard InChI is InChI=1S/C22H24N4O3/c1-14-17(5-6-18-19(14)13-29-22(18)28)20(27)11-24-16-3-2-8-26(12-16)21-7-4-15(9-23)10-25-21/h4-7,10,16,20,24,27H,2-3,8,11-13H2,1H3/t16?,20-/m0/s1. The first kappa shape index (κ1) is 19.4. The lowest BCUT2D eigenvalue weighted by Crippen LogP contribution is -2.47. The third kappa shape index (κ3) is 3.95. The maximum atomic E-state index is 11.7. The molecule has 0 bridgehead atoms. The molecule has 0 radical (unpaired) electrons. The maximum absolute atomic E-state index is 11.7. The molecule has 2 aliphatic rings. The van der Waals surface area contributed by atoms with Crippen molar-refractivity contribution >= 4 is 11.8 Å². The van der Waals surface area contributed by atoms with Crippen LogP contribution in [0.2, 0.25) is 0 Å². The number of cyclic esters (lactones) is 1. The highest BCUT2D eigenvalue weighted by Gasteiger charge is 2.26. The number of aliphatic hydroxyl groups excluding tert-OH is 1. The van der Waals surface area contributed by atoms with Gasteiger partial charge in [0.2, 0.25) is 0 Å². The molecule has 1 aromatic carbocycles. The van der Waals surface area contributed by atoms with Gasteiger partial charge in [0.25, 0.3) is 0 Å². The van der Waals surface area contributed by atoms with Crippen molar-refractivity contribution in [1.82, 2.24) is 10.3 Å². The largest absolute Gasteiger partial charge is 0.457 e. The molecule has 2 aromatic rings. The fraction of sp³-hybridized carbons (Fsp3) is 0.409. The summed E-state index contributed by atoms with van der Waals surface area (Å²) in [5, 5.41) is 23.1. The molecule has 0 spiro atoms. The fourth-order valence-corrected chi connectivity index (χ4v) is 4.11. The highest BCUT2D eigenvalue weighted by atomic mass is 16.5. The Morgan fingerprint density at radius 1 is 1.41 bits per heavy atom. The van der Waals surface area contributed by atoms with Crippen LogP contribution in [0.3, 0.4) is 0 Å². The molecule has 150 valence electrons. The number of carbonyl (C=O) groups is 1. The van der Waals surface area contributed by atoms with Gasteiger partial charge in [-0.05, 0) is 49.1 Å². The summed E-state index contributed by atoms with van der Waals surface area (Å²) >= 11 is 0. The number of hydrogen-bond donors (Lipinski definition) is 2. The molecular formula is C22H24N4O3. The summed E-state index contributed by atoms with van der Waals surface area (Å²) in [6, 6.07) is 9.57. The van der Waals surface area contributed by atoms with E-state index in [4.69, 9.17) is 10.00 Å². The molecule has 7 heteroatoms. The van der Waals surface area contributed by atoms with Crippen LogP contribution in [0.1, 0.15) is 51.6 Å². The van der Waals surface area contributed by atoms with Gasteiger partial charge < -0.3 is 20.1 Å². The van der Waals surface area contributed by atoms with Crippen molar-refractivity contribution < 1.29 is 14.6 Å². The summed E-state index contributed by atoms with van der Waals surface area (Å²) in [6.45, 7) is 4.38. The number of fused-ring (bicyclic) bond motifs is 1. The van der Waals surface area contributed by atoms with Gasteiger partial charge in [0.15, 0.2) is 0 Å². The van der Waals surface area contributed by atoms with Crippen LogP contribution in [-0.2, 0) is 11.3 Å². The number of carbonyl (C=O) groups excluding carboxylic acids is 1. The second kappa shape index (κ2) is 8.19. The van der Waals surface area contributed by atoms with E-state index in [-0.39, 0.29) is 18.6 Å². The number of piperidine rings is 1. The first-order valence-corrected chi connectivity index (χ1v) is 9.89. The summed E-state index contributed by atoms with van der Waals surface area (Å²) in [6.07, 6.45) is 3.01. The number of hydrogen-bond acceptors (Lipinski definition) is 7. The average Bonchev–Trinajstić information content (AvgIpc) is 3.14. The van der Waals surface area contributed by atoms with Crippen molar-refractivity contribution in [1.29, 1.82) is 5.26 Å². The van der Waals surface area contributed by atoms with Crippen molar-refractivity contribution in [3.63, 3.8) is 0 Å². The Kier molecular flexibility index (Phi) is 5.47. The molecule has 1 unspecified atom stereocenters. The molecule has 3 heterocycles.